The van der Waals surface area contributed by atoms with Crippen molar-refractivity contribution in [2.24, 2.45) is 0 Å². The Morgan fingerprint density at radius 2 is 1.73 bits per heavy atom. The number of aromatic nitrogens is 1. The summed E-state index contributed by atoms with van der Waals surface area (Å²) in [7, 11) is 0. The Kier molecular flexibility index (Phi) is 4.46. The van der Waals surface area contributed by atoms with Crippen LogP contribution in [0.3, 0.4) is 0 Å². The first-order valence-electron chi connectivity index (χ1n) is 8.21. The molecular formula is C22H15N3S. The third-order valence-electron chi connectivity index (χ3n) is 4.09. The van der Waals surface area contributed by atoms with E-state index in [4.69, 9.17) is 0 Å². The number of allylic oxidation sites excluding steroid dienone is 1. The molecule has 4 heteroatoms. The second kappa shape index (κ2) is 7.22. The summed E-state index contributed by atoms with van der Waals surface area (Å²) in [5, 5.41) is 17.8. The highest BCUT2D eigenvalue weighted by molar-refractivity contribution is 7.11. The van der Waals surface area contributed by atoms with Crippen molar-refractivity contribution in [2.75, 3.05) is 5.32 Å². The van der Waals surface area contributed by atoms with E-state index >= 15 is 0 Å². The van der Waals surface area contributed by atoms with Gasteiger partial charge in [0.25, 0.3) is 0 Å². The molecule has 0 saturated carbocycles. The topological polar surface area (TPSA) is 48.7 Å². The molecule has 26 heavy (non-hydrogen) atoms. The standard InChI is InChI=1S/C22H15N3S/c23-13-18(22-25-21(15-26-22)17-8-2-1-3-9-17)14-24-20-12-6-10-16-7-4-5-11-19(16)20/h1-12,14-15,24H. The van der Waals surface area contributed by atoms with E-state index in [0.717, 1.165) is 27.7 Å². The average molecular weight is 353 g/mol. The highest BCUT2D eigenvalue weighted by Crippen LogP contribution is 2.27. The summed E-state index contributed by atoms with van der Waals surface area (Å²) in [6, 6.07) is 26.5. The van der Waals surface area contributed by atoms with E-state index in [-0.39, 0.29) is 0 Å². The van der Waals surface area contributed by atoms with Crippen LogP contribution in [0.2, 0.25) is 0 Å². The van der Waals surface area contributed by atoms with Crippen LogP contribution in [0.5, 0.6) is 0 Å². The van der Waals surface area contributed by atoms with E-state index < -0.39 is 0 Å². The number of benzene rings is 3. The molecule has 124 valence electrons. The number of hydrogen-bond acceptors (Lipinski definition) is 4. The van der Waals surface area contributed by atoms with Crippen molar-refractivity contribution in [3.8, 4) is 17.3 Å². The summed E-state index contributed by atoms with van der Waals surface area (Å²) in [5.74, 6) is 0. The van der Waals surface area contributed by atoms with Gasteiger partial charge in [-0.3, -0.25) is 0 Å². The average Bonchev–Trinajstić information content (AvgIpc) is 3.19. The van der Waals surface area contributed by atoms with Crippen LogP contribution in [0.4, 0.5) is 5.69 Å². The lowest BCUT2D eigenvalue weighted by molar-refractivity contribution is 1.36. The quantitative estimate of drug-likeness (QED) is 0.462. The maximum Gasteiger partial charge on any atom is 0.136 e. The van der Waals surface area contributed by atoms with Crippen LogP contribution in [0.1, 0.15) is 5.01 Å². The number of hydrogen-bond donors (Lipinski definition) is 1. The first-order valence-corrected chi connectivity index (χ1v) is 9.09. The molecule has 0 unspecified atom stereocenters. The molecule has 0 aliphatic carbocycles. The third kappa shape index (κ3) is 3.21. The lowest BCUT2D eigenvalue weighted by Gasteiger charge is -2.06. The highest BCUT2D eigenvalue weighted by atomic mass is 32.1. The Morgan fingerprint density at radius 3 is 2.58 bits per heavy atom. The monoisotopic (exact) mass is 353 g/mol. The maximum atomic E-state index is 9.56. The minimum Gasteiger partial charge on any atom is -0.360 e. The van der Waals surface area contributed by atoms with Gasteiger partial charge in [-0.2, -0.15) is 5.26 Å². The third-order valence-corrected chi connectivity index (χ3v) is 4.96. The SMILES string of the molecule is N#CC(=CNc1cccc2ccccc12)c1nc(-c2ccccc2)cs1. The fourth-order valence-electron chi connectivity index (χ4n) is 2.78. The molecule has 4 aromatic rings. The van der Waals surface area contributed by atoms with Gasteiger partial charge in [-0.15, -0.1) is 11.3 Å². The lowest BCUT2D eigenvalue weighted by Crippen LogP contribution is -1.92. The molecule has 0 spiro atoms. The largest absolute Gasteiger partial charge is 0.360 e. The van der Waals surface area contributed by atoms with E-state index in [0.29, 0.717) is 10.6 Å². The number of thiazole rings is 1. The molecule has 0 saturated heterocycles. The molecule has 3 aromatic carbocycles. The van der Waals surface area contributed by atoms with Crippen LogP contribution >= 0.6 is 11.3 Å². The van der Waals surface area contributed by atoms with E-state index in [1.165, 1.54) is 11.3 Å². The zero-order valence-electron chi connectivity index (χ0n) is 13.9. The first-order chi connectivity index (χ1) is 12.8. The molecule has 0 bridgehead atoms. The molecule has 1 heterocycles. The van der Waals surface area contributed by atoms with Crippen molar-refractivity contribution in [2.45, 2.75) is 0 Å². The molecular weight excluding hydrogens is 338 g/mol. The normalized spacial score (nSPS) is 11.3. The molecule has 0 radical (unpaired) electrons. The summed E-state index contributed by atoms with van der Waals surface area (Å²) >= 11 is 1.47. The lowest BCUT2D eigenvalue weighted by atomic mass is 10.1. The number of rotatable bonds is 4. The maximum absolute atomic E-state index is 9.56. The number of nitrogens with zero attached hydrogens (tertiary/aromatic N) is 2. The zero-order valence-corrected chi connectivity index (χ0v) is 14.7. The Balaban J connectivity index is 1.64. The van der Waals surface area contributed by atoms with Crippen LogP contribution in [-0.2, 0) is 0 Å². The van der Waals surface area contributed by atoms with Crippen LogP contribution in [0.15, 0.2) is 84.4 Å². The van der Waals surface area contributed by atoms with Gasteiger partial charge in [0.15, 0.2) is 0 Å². The van der Waals surface area contributed by atoms with Crippen LogP contribution in [-0.4, -0.2) is 4.98 Å². The van der Waals surface area contributed by atoms with E-state index in [1.807, 2.05) is 60.0 Å². The van der Waals surface area contributed by atoms with Gasteiger partial charge in [-0.05, 0) is 11.5 Å². The van der Waals surface area contributed by atoms with Gasteiger partial charge in [0.1, 0.15) is 16.6 Å². The van der Waals surface area contributed by atoms with Crippen molar-refractivity contribution in [1.82, 2.24) is 4.98 Å². The van der Waals surface area contributed by atoms with Gasteiger partial charge in [-0.25, -0.2) is 4.98 Å². The van der Waals surface area contributed by atoms with Crippen molar-refractivity contribution in [3.05, 3.63) is 89.4 Å². The predicted molar refractivity (Wildman–Crippen MR) is 109 cm³/mol. The molecule has 0 fully saturated rings. The van der Waals surface area contributed by atoms with Crippen LogP contribution < -0.4 is 5.32 Å². The molecule has 0 amide bonds. The van der Waals surface area contributed by atoms with E-state index in [2.05, 4.69) is 34.6 Å². The summed E-state index contributed by atoms with van der Waals surface area (Å²) < 4.78 is 0. The van der Waals surface area contributed by atoms with Gasteiger partial charge in [0.2, 0.25) is 0 Å². The number of nitrogens with one attached hydrogen (secondary N) is 1. The number of nitriles is 1. The van der Waals surface area contributed by atoms with Gasteiger partial charge >= 0.3 is 0 Å². The van der Waals surface area contributed by atoms with E-state index in [9.17, 15) is 5.26 Å². The first kappa shape index (κ1) is 16.1. The summed E-state index contributed by atoms with van der Waals surface area (Å²) in [6.07, 6.45) is 1.73. The van der Waals surface area contributed by atoms with Crippen molar-refractivity contribution < 1.29 is 0 Å². The van der Waals surface area contributed by atoms with Gasteiger partial charge in [0.05, 0.1) is 5.69 Å². The minimum absolute atomic E-state index is 0.519. The van der Waals surface area contributed by atoms with Crippen molar-refractivity contribution >= 4 is 33.4 Å². The molecule has 3 nitrogen and oxygen atoms in total. The van der Waals surface area contributed by atoms with Crippen molar-refractivity contribution in [1.29, 1.82) is 5.26 Å². The van der Waals surface area contributed by atoms with Crippen LogP contribution in [0.25, 0.3) is 27.6 Å². The molecule has 4 rings (SSSR count). The minimum atomic E-state index is 0.519. The molecule has 0 atom stereocenters. The van der Waals surface area contributed by atoms with E-state index in [1.54, 1.807) is 6.20 Å². The van der Waals surface area contributed by atoms with Gasteiger partial charge in [-0.1, -0.05) is 66.7 Å². The highest BCUT2D eigenvalue weighted by Gasteiger charge is 2.09. The fourth-order valence-corrected chi connectivity index (χ4v) is 3.58. The predicted octanol–water partition coefficient (Wildman–Crippen LogP) is 5.94. The summed E-state index contributed by atoms with van der Waals surface area (Å²) in [6.45, 7) is 0. The Hall–Kier alpha value is -3.42. The molecule has 1 aromatic heterocycles. The Morgan fingerprint density at radius 1 is 0.962 bits per heavy atom. The van der Waals surface area contributed by atoms with Crippen molar-refractivity contribution in [3.63, 3.8) is 0 Å². The summed E-state index contributed by atoms with van der Waals surface area (Å²) in [5.41, 5.74) is 3.42. The number of anilines is 1. The Bertz CT molecular complexity index is 1120. The fraction of sp³-hybridized carbons (Fsp3) is 0. The molecule has 1 N–H and O–H groups in total. The second-order valence-electron chi connectivity index (χ2n) is 5.74. The van der Waals surface area contributed by atoms with Gasteiger partial charge < -0.3 is 5.32 Å². The molecule has 0 aliphatic rings. The smallest absolute Gasteiger partial charge is 0.136 e. The van der Waals surface area contributed by atoms with Crippen LogP contribution in [0, 0.1) is 11.3 Å². The number of fused-ring (bicyclic) bond motifs is 1. The zero-order chi connectivity index (χ0) is 17.8. The van der Waals surface area contributed by atoms with Gasteiger partial charge in [0, 0.05) is 28.2 Å². The summed E-state index contributed by atoms with van der Waals surface area (Å²) in [4.78, 5) is 4.61. The Labute approximate surface area is 155 Å². The second-order valence-corrected chi connectivity index (χ2v) is 6.60. The molecule has 0 aliphatic heterocycles.